The Morgan fingerprint density at radius 3 is 2.76 bits per heavy atom. The first-order chi connectivity index (χ1) is 12.4. The molecule has 0 N–H and O–H groups in total. The SMILES string of the molecule is C(=Nn1c(-c2cccs2)csc1=NC1CCCCC1)c1ccccn1. The van der Waals surface area contributed by atoms with E-state index >= 15 is 0 Å². The molecule has 0 bridgehead atoms. The van der Waals surface area contributed by atoms with Gasteiger partial charge in [-0.05, 0) is 36.4 Å². The topological polar surface area (TPSA) is 42.5 Å². The average Bonchev–Trinajstić information content (AvgIpc) is 3.31. The Morgan fingerprint density at radius 2 is 2.00 bits per heavy atom. The Bertz CT molecular complexity index is 885. The van der Waals surface area contributed by atoms with E-state index in [9.17, 15) is 0 Å². The lowest BCUT2D eigenvalue weighted by Gasteiger charge is -2.16. The maximum Gasteiger partial charge on any atom is 0.206 e. The Kier molecular flexibility index (Phi) is 5.18. The van der Waals surface area contributed by atoms with Gasteiger partial charge in [-0.15, -0.1) is 22.7 Å². The third-order valence-corrected chi connectivity index (χ3v) is 6.04. The first-order valence-electron chi connectivity index (χ1n) is 8.64. The quantitative estimate of drug-likeness (QED) is 0.611. The van der Waals surface area contributed by atoms with Crippen molar-refractivity contribution in [3.05, 3.63) is 57.8 Å². The number of pyridine rings is 1. The summed E-state index contributed by atoms with van der Waals surface area (Å²) < 4.78 is 1.97. The Hall–Kier alpha value is -2.05. The third kappa shape index (κ3) is 3.96. The summed E-state index contributed by atoms with van der Waals surface area (Å²) >= 11 is 3.40. The number of hydrogen-bond donors (Lipinski definition) is 0. The van der Waals surface area contributed by atoms with E-state index in [0.29, 0.717) is 6.04 Å². The maximum atomic E-state index is 5.01. The first kappa shape index (κ1) is 16.4. The second kappa shape index (κ2) is 7.89. The summed E-state index contributed by atoms with van der Waals surface area (Å²) in [6, 6.07) is 10.5. The van der Waals surface area contributed by atoms with Gasteiger partial charge in [-0.25, -0.2) is 4.68 Å². The molecule has 4 rings (SSSR count). The molecule has 0 aliphatic heterocycles. The summed E-state index contributed by atoms with van der Waals surface area (Å²) in [5.74, 6) is 0. The zero-order valence-corrected chi connectivity index (χ0v) is 15.5. The van der Waals surface area contributed by atoms with E-state index in [1.54, 1.807) is 28.9 Å². The molecule has 1 fully saturated rings. The summed E-state index contributed by atoms with van der Waals surface area (Å²) in [6.07, 6.45) is 9.89. The zero-order chi connectivity index (χ0) is 16.9. The van der Waals surface area contributed by atoms with Gasteiger partial charge >= 0.3 is 0 Å². The average molecular weight is 369 g/mol. The molecule has 0 atom stereocenters. The van der Waals surface area contributed by atoms with Gasteiger partial charge in [0.2, 0.25) is 4.80 Å². The third-order valence-electron chi connectivity index (χ3n) is 4.32. The van der Waals surface area contributed by atoms with Crippen molar-refractivity contribution in [2.75, 3.05) is 0 Å². The van der Waals surface area contributed by atoms with Crippen molar-refractivity contribution in [1.82, 2.24) is 9.66 Å². The number of aromatic nitrogens is 2. The standard InChI is InChI=1S/C19H20N4S2/c1-2-7-15(8-3-1)22-19-23(21-13-16-9-4-5-11-20-16)17(14-25-19)18-10-6-12-24-18/h4-6,9-15H,1-3,7-8H2. The molecule has 1 aliphatic rings. The highest BCUT2D eigenvalue weighted by Crippen LogP contribution is 2.26. The van der Waals surface area contributed by atoms with Crippen LogP contribution < -0.4 is 4.80 Å². The van der Waals surface area contributed by atoms with Crippen LogP contribution >= 0.6 is 22.7 Å². The van der Waals surface area contributed by atoms with Crippen molar-refractivity contribution in [3.63, 3.8) is 0 Å². The van der Waals surface area contributed by atoms with E-state index in [1.807, 2.05) is 29.1 Å². The summed E-state index contributed by atoms with van der Waals surface area (Å²) in [4.78, 5) is 11.5. The monoisotopic (exact) mass is 368 g/mol. The molecular weight excluding hydrogens is 348 g/mol. The molecule has 6 heteroatoms. The van der Waals surface area contributed by atoms with Crippen LogP contribution in [0.3, 0.4) is 0 Å². The Balaban J connectivity index is 1.74. The molecule has 0 amide bonds. The Morgan fingerprint density at radius 1 is 1.08 bits per heavy atom. The molecule has 1 aliphatic carbocycles. The molecule has 0 radical (unpaired) electrons. The van der Waals surface area contributed by atoms with E-state index in [2.05, 4.69) is 27.9 Å². The van der Waals surface area contributed by atoms with Crippen LogP contribution in [0.4, 0.5) is 0 Å². The summed E-state index contributed by atoms with van der Waals surface area (Å²) in [7, 11) is 0. The second-order valence-corrected chi connectivity index (χ2v) is 7.90. The number of rotatable bonds is 4. The minimum atomic E-state index is 0.430. The highest BCUT2D eigenvalue weighted by molar-refractivity contribution is 7.14. The van der Waals surface area contributed by atoms with Gasteiger partial charge in [0.15, 0.2) is 0 Å². The number of thiazole rings is 1. The van der Waals surface area contributed by atoms with Gasteiger partial charge in [0, 0.05) is 11.6 Å². The van der Waals surface area contributed by atoms with E-state index in [0.717, 1.165) is 16.2 Å². The van der Waals surface area contributed by atoms with Crippen LogP contribution in [-0.4, -0.2) is 21.9 Å². The molecule has 0 spiro atoms. The van der Waals surface area contributed by atoms with E-state index in [-0.39, 0.29) is 0 Å². The van der Waals surface area contributed by atoms with Crippen molar-refractivity contribution in [2.24, 2.45) is 10.1 Å². The van der Waals surface area contributed by atoms with Gasteiger partial charge in [-0.1, -0.05) is 31.4 Å². The smallest absolute Gasteiger partial charge is 0.206 e. The molecule has 3 heterocycles. The maximum absolute atomic E-state index is 5.01. The largest absolute Gasteiger partial charge is 0.255 e. The predicted molar refractivity (Wildman–Crippen MR) is 105 cm³/mol. The molecule has 3 aromatic heterocycles. The second-order valence-electron chi connectivity index (χ2n) is 6.11. The molecule has 0 saturated heterocycles. The van der Waals surface area contributed by atoms with Gasteiger partial charge in [0.25, 0.3) is 0 Å². The fourth-order valence-corrected chi connectivity index (χ4v) is 4.73. The number of nitrogens with zero attached hydrogens (tertiary/aromatic N) is 4. The first-order valence-corrected chi connectivity index (χ1v) is 10.4. The molecule has 4 nitrogen and oxygen atoms in total. The lowest BCUT2D eigenvalue weighted by molar-refractivity contribution is 0.435. The molecular formula is C19H20N4S2. The molecule has 25 heavy (non-hydrogen) atoms. The van der Waals surface area contributed by atoms with Crippen molar-refractivity contribution in [1.29, 1.82) is 0 Å². The van der Waals surface area contributed by atoms with Gasteiger partial charge in [0.05, 0.1) is 28.5 Å². The summed E-state index contributed by atoms with van der Waals surface area (Å²) in [6.45, 7) is 0. The highest BCUT2D eigenvalue weighted by atomic mass is 32.1. The Labute approximate surface area is 155 Å². The summed E-state index contributed by atoms with van der Waals surface area (Å²) in [5, 5.41) is 8.96. The van der Waals surface area contributed by atoms with Gasteiger partial charge < -0.3 is 0 Å². The van der Waals surface area contributed by atoms with Crippen LogP contribution in [-0.2, 0) is 0 Å². The van der Waals surface area contributed by atoms with E-state index in [1.165, 1.54) is 37.0 Å². The van der Waals surface area contributed by atoms with Gasteiger partial charge in [-0.3, -0.25) is 9.98 Å². The van der Waals surface area contributed by atoms with Crippen molar-refractivity contribution < 1.29 is 0 Å². The van der Waals surface area contributed by atoms with Crippen molar-refractivity contribution in [3.8, 4) is 10.6 Å². The summed E-state index contributed by atoms with van der Waals surface area (Å²) in [5.41, 5.74) is 1.95. The van der Waals surface area contributed by atoms with Gasteiger partial charge in [0.1, 0.15) is 0 Å². The molecule has 0 aromatic carbocycles. The van der Waals surface area contributed by atoms with Crippen LogP contribution in [0.1, 0.15) is 37.8 Å². The normalized spacial score (nSPS) is 16.7. The molecule has 128 valence electrons. The predicted octanol–water partition coefficient (Wildman–Crippen LogP) is 4.79. The minimum Gasteiger partial charge on any atom is -0.255 e. The fraction of sp³-hybridized carbons (Fsp3) is 0.316. The number of hydrogen-bond acceptors (Lipinski definition) is 5. The van der Waals surface area contributed by atoms with Crippen LogP contribution in [0, 0.1) is 0 Å². The molecule has 1 saturated carbocycles. The van der Waals surface area contributed by atoms with Crippen molar-refractivity contribution >= 4 is 28.9 Å². The van der Waals surface area contributed by atoms with Gasteiger partial charge in [-0.2, -0.15) is 5.10 Å². The van der Waals surface area contributed by atoms with Crippen LogP contribution in [0.2, 0.25) is 0 Å². The van der Waals surface area contributed by atoms with Crippen LogP contribution in [0.15, 0.2) is 57.4 Å². The van der Waals surface area contributed by atoms with Crippen LogP contribution in [0.5, 0.6) is 0 Å². The van der Waals surface area contributed by atoms with E-state index in [4.69, 9.17) is 10.1 Å². The lowest BCUT2D eigenvalue weighted by Crippen LogP contribution is -2.18. The van der Waals surface area contributed by atoms with Crippen molar-refractivity contribution in [2.45, 2.75) is 38.1 Å². The van der Waals surface area contributed by atoms with E-state index < -0.39 is 0 Å². The molecule has 3 aromatic rings. The zero-order valence-electron chi connectivity index (χ0n) is 13.9. The number of thiophene rings is 1. The molecule has 0 unspecified atom stereocenters. The lowest BCUT2D eigenvalue weighted by atomic mass is 9.96. The highest BCUT2D eigenvalue weighted by Gasteiger charge is 2.14. The van der Waals surface area contributed by atoms with Crippen LogP contribution in [0.25, 0.3) is 10.6 Å². The fourth-order valence-electron chi connectivity index (χ4n) is 3.03. The minimum absolute atomic E-state index is 0.430.